The summed E-state index contributed by atoms with van der Waals surface area (Å²) in [6.45, 7) is 0.366. The highest BCUT2D eigenvalue weighted by molar-refractivity contribution is 7.09. The topological polar surface area (TPSA) is 70.2 Å². The van der Waals surface area contributed by atoms with Gasteiger partial charge in [0.25, 0.3) is 0 Å². The van der Waals surface area contributed by atoms with Crippen molar-refractivity contribution < 1.29 is 9.15 Å². The standard InChI is InChI=1S/C23H17N3O3S/c27-23-17(10-22-24-8-9-30-22)15-29-21-11-19(6-7-20(21)23)28-14-16-12-25-26(13-16)18-4-2-1-3-5-18/h1-9,11-13,15H,10,14H2. The first kappa shape index (κ1) is 18.3. The second kappa shape index (κ2) is 7.96. The van der Waals surface area contributed by atoms with Crippen molar-refractivity contribution in [2.45, 2.75) is 13.0 Å². The largest absolute Gasteiger partial charge is 0.489 e. The molecule has 0 radical (unpaired) electrons. The van der Waals surface area contributed by atoms with Crippen LogP contribution in [0.15, 0.2) is 88.0 Å². The van der Waals surface area contributed by atoms with Crippen LogP contribution < -0.4 is 10.2 Å². The summed E-state index contributed by atoms with van der Waals surface area (Å²) in [6.07, 6.45) is 7.43. The van der Waals surface area contributed by atoms with Crippen molar-refractivity contribution >= 4 is 22.3 Å². The summed E-state index contributed by atoms with van der Waals surface area (Å²) in [6, 6.07) is 15.2. The third kappa shape index (κ3) is 3.75. The number of ether oxygens (including phenoxy) is 1. The summed E-state index contributed by atoms with van der Waals surface area (Å²) in [5.74, 6) is 0.630. The third-order valence-corrected chi connectivity index (χ3v) is 5.48. The molecular weight excluding hydrogens is 398 g/mol. The summed E-state index contributed by atoms with van der Waals surface area (Å²) < 4.78 is 13.4. The van der Waals surface area contributed by atoms with Crippen LogP contribution in [0.4, 0.5) is 0 Å². The molecule has 0 bridgehead atoms. The van der Waals surface area contributed by atoms with Gasteiger partial charge in [-0.05, 0) is 24.3 Å². The van der Waals surface area contributed by atoms with Gasteiger partial charge >= 0.3 is 0 Å². The van der Waals surface area contributed by atoms with Gasteiger partial charge in [-0.15, -0.1) is 11.3 Å². The second-order valence-electron chi connectivity index (χ2n) is 6.77. The number of nitrogens with zero attached hydrogens (tertiary/aromatic N) is 3. The van der Waals surface area contributed by atoms with Crippen LogP contribution in [0.25, 0.3) is 16.7 Å². The van der Waals surface area contributed by atoms with Gasteiger partial charge in [0.2, 0.25) is 0 Å². The highest BCUT2D eigenvalue weighted by atomic mass is 32.1. The van der Waals surface area contributed by atoms with E-state index in [9.17, 15) is 4.79 Å². The average molecular weight is 415 g/mol. The Morgan fingerprint density at radius 2 is 2.03 bits per heavy atom. The van der Waals surface area contributed by atoms with E-state index in [0.717, 1.165) is 16.3 Å². The SMILES string of the molecule is O=c1c(Cc2nccs2)coc2cc(OCc3cnn(-c4ccccc4)c3)ccc12. The molecule has 0 atom stereocenters. The second-order valence-corrected chi connectivity index (χ2v) is 7.75. The summed E-state index contributed by atoms with van der Waals surface area (Å²) in [5, 5.41) is 7.69. The highest BCUT2D eigenvalue weighted by Gasteiger charge is 2.10. The molecule has 0 N–H and O–H groups in total. The van der Waals surface area contributed by atoms with E-state index in [1.807, 2.05) is 46.6 Å². The molecule has 0 spiro atoms. The molecule has 7 heteroatoms. The number of thiazole rings is 1. The molecule has 0 aliphatic rings. The van der Waals surface area contributed by atoms with Crippen LogP contribution >= 0.6 is 11.3 Å². The molecule has 0 aliphatic carbocycles. The lowest BCUT2D eigenvalue weighted by Gasteiger charge is -2.06. The summed E-state index contributed by atoms with van der Waals surface area (Å²) in [4.78, 5) is 17.0. The third-order valence-electron chi connectivity index (χ3n) is 4.70. The smallest absolute Gasteiger partial charge is 0.196 e. The van der Waals surface area contributed by atoms with E-state index in [4.69, 9.17) is 9.15 Å². The number of aromatic nitrogens is 3. The fourth-order valence-electron chi connectivity index (χ4n) is 3.19. The lowest BCUT2D eigenvalue weighted by molar-refractivity contribution is 0.306. The number of hydrogen-bond donors (Lipinski definition) is 0. The highest BCUT2D eigenvalue weighted by Crippen LogP contribution is 2.21. The molecule has 30 heavy (non-hydrogen) atoms. The van der Waals surface area contributed by atoms with Crippen LogP contribution in [0.1, 0.15) is 16.1 Å². The summed E-state index contributed by atoms with van der Waals surface area (Å²) in [5.41, 5.74) is 2.99. The van der Waals surface area contributed by atoms with E-state index in [2.05, 4.69) is 10.1 Å². The monoisotopic (exact) mass is 415 g/mol. The first-order valence-electron chi connectivity index (χ1n) is 9.41. The molecule has 5 rings (SSSR count). The Labute approximate surface area is 176 Å². The van der Waals surface area contributed by atoms with E-state index < -0.39 is 0 Å². The van der Waals surface area contributed by atoms with Crippen LogP contribution in [0.3, 0.4) is 0 Å². The lowest BCUT2D eigenvalue weighted by atomic mass is 10.1. The molecule has 3 aromatic heterocycles. The Kier molecular flexibility index (Phi) is 4.86. The van der Waals surface area contributed by atoms with Crippen molar-refractivity contribution in [2.24, 2.45) is 0 Å². The zero-order valence-electron chi connectivity index (χ0n) is 15.9. The van der Waals surface area contributed by atoms with Gasteiger partial charge in [0.1, 0.15) is 17.9 Å². The molecule has 0 saturated carbocycles. The maximum atomic E-state index is 12.7. The van der Waals surface area contributed by atoms with Gasteiger partial charge in [0.15, 0.2) is 5.43 Å². The molecule has 0 saturated heterocycles. The van der Waals surface area contributed by atoms with E-state index >= 15 is 0 Å². The van der Waals surface area contributed by atoms with Crippen molar-refractivity contribution in [1.29, 1.82) is 0 Å². The van der Waals surface area contributed by atoms with E-state index in [0.29, 0.717) is 35.3 Å². The Balaban J connectivity index is 1.32. The number of fused-ring (bicyclic) bond motifs is 1. The van der Waals surface area contributed by atoms with Crippen LogP contribution in [-0.2, 0) is 13.0 Å². The van der Waals surface area contributed by atoms with Crippen molar-refractivity contribution in [3.63, 3.8) is 0 Å². The van der Waals surface area contributed by atoms with Gasteiger partial charge in [0.05, 0.1) is 28.5 Å². The van der Waals surface area contributed by atoms with E-state index in [-0.39, 0.29) is 5.43 Å². The molecule has 5 aromatic rings. The van der Waals surface area contributed by atoms with Crippen molar-refractivity contribution in [3.8, 4) is 11.4 Å². The number of rotatable bonds is 6. The minimum Gasteiger partial charge on any atom is -0.489 e. The van der Waals surface area contributed by atoms with Crippen LogP contribution in [0.2, 0.25) is 0 Å². The quantitative estimate of drug-likeness (QED) is 0.405. The minimum absolute atomic E-state index is 0.0397. The zero-order chi connectivity index (χ0) is 20.3. The van der Waals surface area contributed by atoms with Gasteiger partial charge in [0, 0.05) is 41.4 Å². The maximum Gasteiger partial charge on any atom is 0.196 e. The van der Waals surface area contributed by atoms with Gasteiger partial charge in [-0.25, -0.2) is 9.67 Å². The van der Waals surface area contributed by atoms with Crippen LogP contribution in [0, 0.1) is 0 Å². The van der Waals surface area contributed by atoms with Gasteiger partial charge in [-0.3, -0.25) is 4.79 Å². The first-order valence-corrected chi connectivity index (χ1v) is 10.3. The molecule has 0 unspecified atom stereocenters. The van der Waals surface area contributed by atoms with Crippen molar-refractivity contribution in [3.05, 3.63) is 105 Å². The van der Waals surface area contributed by atoms with Crippen LogP contribution in [-0.4, -0.2) is 14.8 Å². The van der Waals surface area contributed by atoms with Crippen molar-refractivity contribution in [2.75, 3.05) is 0 Å². The summed E-state index contributed by atoms with van der Waals surface area (Å²) >= 11 is 1.52. The maximum absolute atomic E-state index is 12.7. The number of hydrogen-bond acceptors (Lipinski definition) is 6. The molecule has 0 amide bonds. The van der Waals surface area contributed by atoms with Gasteiger partial charge < -0.3 is 9.15 Å². The Morgan fingerprint density at radius 3 is 2.87 bits per heavy atom. The molecule has 148 valence electrons. The Hall–Kier alpha value is -3.71. The van der Waals surface area contributed by atoms with E-state index in [1.54, 1.807) is 30.6 Å². The number of benzene rings is 2. The predicted octanol–water partition coefficient (Wildman–Crippen LogP) is 4.61. The minimum atomic E-state index is -0.0397. The lowest BCUT2D eigenvalue weighted by Crippen LogP contribution is -2.09. The molecule has 0 aliphatic heterocycles. The first-order chi connectivity index (χ1) is 14.8. The Bertz CT molecular complexity index is 1340. The molecular formula is C23H17N3O3S. The zero-order valence-corrected chi connectivity index (χ0v) is 16.7. The summed E-state index contributed by atoms with van der Waals surface area (Å²) in [7, 11) is 0. The van der Waals surface area contributed by atoms with Gasteiger partial charge in [-0.2, -0.15) is 5.10 Å². The number of para-hydroxylation sites is 1. The predicted molar refractivity (Wildman–Crippen MR) is 115 cm³/mol. The molecule has 2 aromatic carbocycles. The average Bonchev–Trinajstić information content (AvgIpc) is 3.47. The normalized spacial score (nSPS) is 11.1. The van der Waals surface area contributed by atoms with Gasteiger partial charge in [-0.1, -0.05) is 18.2 Å². The molecule has 0 fully saturated rings. The fraction of sp³-hybridized carbons (Fsp3) is 0.0870. The van der Waals surface area contributed by atoms with Crippen LogP contribution in [0.5, 0.6) is 5.75 Å². The fourth-order valence-corrected chi connectivity index (χ4v) is 3.83. The van der Waals surface area contributed by atoms with Crippen molar-refractivity contribution in [1.82, 2.24) is 14.8 Å². The molecule has 6 nitrogen and oxygen atoms in total. The van der Waals surface area contributed by atoms with E-state index in [1.165, 1.54) is 17.6 Å². The Morgan fingerprint density at radius 1 is 1.13 bits per heavy atom. The molecule has 3 heterocycles.